The van der Waals surface area contributed by atoms with Gasteiger partial charge in [0, 0.05) is 11.6 Å². The molecule has 0 atom stereocenters. The van der Waals surface area contributed by atoms with Crippen LogP contribution in [0.2, 0.25) is 0 Å². The molecule has 0 fully saturated rings. The summed E-state index contributed by atoms with van der Waals surface area (Å²) in [5.41, 5.74) is 3.44. The molecule has 4 nitrogen and oxygen atoms in total. The first-order valence-corrected chi connectivity index (χ1v) is 4.91. The Kier molecular flexibility index (Phi) is 3.00. The molecule has 0 aliphatic rings. The maximum Gasteiger partial charge on any atom is 0.139 e. The summed E-state index contributed by atoms with van der Waals surface area (Å²) in [7, 11) is 1.51. The third-order valence-corrected chi connectivity index (χ3v) is 2.26. The zero-order valence-corrected chi connectivity index (χ0v) is 9.18. The third kappa shape index (κ3) is 1.95. The molecule has 2 rings (SSSR count). The van der Waals surface area contributed by atoms with Crippen LogP contribution in [0.3, 0.4) is 0 Å². The van der Waals surface area contributed by atoms with Gasteiger partial charge < -0.3 is 9.36 Å². The summed E-state index contributed by atoms with van der Waals surface area (Å²) in [6.07, 6.45) is 1.51. The normalized spacial score (nSPS) is 11.5. The van der Waals surface area contributed by atoms with Gasteiger partial charge in [-0.2, -0.15) is 0 Å². The summed E-state index contributed by atoms with van der Waals surface area (Å²) in [5.74, 6) is 0. The Morgan fingerprint density at radius 2 is 2.12 bits per heavy atom. The van der Waals surface area contributed by atoms with Crippen molar-refractivity contribution in [3.05, 3.63) is 53.4 Å². The van der Waals surface area contributed by atoms with Crippen molar-refractivity contribution in [3.63, 3.8) is 0 Å². The molecule has 1 aromatic carbocycles. The second kappa shape index (κ2) is 4.61. The molecule has 0 radical (unpaired) electrons. The number of nitrogens with zero attached hydrogens (tertiary/aromatic N) is 2. The monoisotopic (exact) mass is 216 g/mol. The molecule has 0 bridgehead atoms. The average molecular weight is 216 g/mol. The summed E-state index contributed by atoms with van der Waals surface area (Å²) in [6.45, 7) is 2.01. The fraction of sp³-hybridized carbons (Fsp3) is 0.167. The van der Waals surface area contributed by atoms with Crippen LogP contribution in [0.25, 0.3) is 0 Å². The fourth-order valence-corrected chi connectivity index (χ4v) is 1.50. The highest BCUT2D eigenvalue weighted by Gasteiger charge is 2.12. The Hall–Kier alpha value is -2.10. The van der Waals surface area contributed by atoms with Crippen LogP contribution < -0.4 is 0 Å². The van der Waals surface area contributed by atoms with Gasteiger partial charge in [-0.05, 0) is 12.5 Å². The van der Waals surface area contributed by atoms with Gasteiger partial charge in [-0.1, -0.05) is 34.6 Å². The Morgan fingerprint density at radius 3 is 2.75 bits per heavy atom. The first-order valence-electron chi connectivity index (χ1n) is 4.91. The van der Waals surface area contributed by atoms with E-state index in [1.54, 1.807) is 6.07 Å². The molecule has 1 heterocycles. The van der Waals surface area contributed by atoms with Gasteiger partial charge in [-0.25, -0.2) is 0 Å². The summed E-state index contributed by atoms with van der Waals surface area (Å²) in [4.78, 5) is 4.84. The summed E-state index contributed by atoms with van der Waals surface area (Å²) in [6, 6.07) is 9.67. The minimum atomic E-state index is 0.663. The molecule has 0 amide bonds. The van der Waals surface area contributed by atoms with Crippen molar-refractivity contribution >= 4 is 5.71 Å². The number of hydrogen-bond acceptors (Lipinski definition) is 4. The van der Waals surface area contributed by atoms with E-state index in [1.807, 2.05) is 31.2 Å². The van der Waals surface area contributed by atoms with E-state index in [1.165, 1.54) is 13.4 Å². The molecular weight excluding hydrogens is 204 g/mol. The lowest BCUT2D eigenvalue weighted by atomic mass is 10.0. The number of rotatable bonds is 3. The van der Waals surface area contributed by atoms with E-state index in [4.69, 9.17) is 9.36 Å². The third-order valence-electron chi connectivity index (χ3n) is 2.26. The predicted molar refractivity (Wildman–Crippen MR) is 60.3 cm³/mol. The minimum absolute atomic E-state index is 0.663. The maximum atomic E-state index is 4.84. The maximum absolute atomic E-state index is 4.84. The van der Waals surface area contributed by atoms with Crippen molar-refractivity contribution in [2.24, 2.45) is 5.16 Å². The van der Waals surface area contributed by atoms with Crippen LogP contribution >= 0.6 is 0 Å². The summed E-state index contributed by atoms with van der Waals surface area (Å²) in [5, 5.41) is 7.86. The van der Waals surface area contributed by atoms with Gasteiger partial charge in [0.2, 0.25) is 0 Å². The Bertz CT molecular complexity index is 489. The van der Waals surface area contributed by atoms with E-state index in [9.17, 15) is 0 Å². The summed E-state index contributed by atoms with van der Waals surface area (Å²) >= 11 is 0. The zero-order valence-electron chi connectivity index (χ0n) is 9.18. The number of hydrogen-bond donors (Lipinski definition) is 0. The Balaban J connectivity index is 2.50. The minimum Gasteiger partial charge on any atom is -0.399 e. The lowest BCUT2D eigenvalue weighted by Crippen LogP contribution is -2.06. The molecular formula is C12H12N2O2. The van der Waals surface area contributed by atoms with Crippen LogP contribution in [-0.2, 0) is 4.84 Å². The van der Waals surface area contributed by atoms with Gasteiger partial charge >= 0.3 is 0 Å². The van der Waals surface area contributed by atoms with Crippen molar-refractivity contribution < 1.29 is 9.36 Å². The summed E-state index contributed by atoms with van der Waals surface area (Å²) < 4.78 is 4.82. The molecule has 4 heteroatoms. The SMILES string of the molecule is CO/N=C(/c1ccon1)c1ccccc1C. The zero-order chi connectivity index (χ0) is 11.4. The van der Waals surface area contributed by atoms with E-state index >= 15 is 0 Å². The molecule has 0 aliphatic carbocycles. The second-order valence-corrected chi connectivity index (χ2v) is 3.32. The molecule has 0 unspecified atom stereocenters. The number of aryl methyl sites for hydroxylation is 1. The number of benzene rings is 1. The molecule has 0 aliphatic heterocycles. The van der Waals surface area contributed by atoms with E-state index in [0.29, 0.717) is 11.4 Å². The van der Waals surface area contributed by atoms with Gasteiger partial charge in [0.1, 0.15) is 24.8 Å². The van der Waals surface area contributed by atoms with Gasteiger partial charge in [0.25, 0.3) is 0 Å². The highest BCUT2D eigenvalue weighted by atomic mass is 16.6. The molecule has 0 N–H and O–H groups in total. The molecule has 0 saturated heterocycles. The van der Waals surface area contributed by atoms with E-state index in [2.05, 4.69) is 10.3 Å². The van der Waals surface area contributed by atoms with Crippen LogP contribution in [0.4, 0.5) is 0 Å². The van der Waals surface area contributed by atoms with Gasteiger partial charge in [-0.15, -0.1) is 0 Å². The van der Waals surface area contributed by atoms with Crippen molar-refractivity contribution in [2.75, 3.05) is 7.11 Å². The van der Waals surface area contributed by atoms with Crippen LogP contribution in [0, 0.1) is 6.92 Å². The highest BCUT2D eigenvalue weighted by Crippen LogP contribution is 2.13. The first-order chi connectivity index (χ1) is 7.83. The van der Waals surface area contributed by atoms with Crippen molar-refractivity contribution in [3.8, 4) is 0 Å². The molecule has 0 spiro atoms. The highest BCUT2D eigenvalue weighted by molar-refractivity contribution is 6.12. The molecule has 82 valence electrons. The molecule has 0 saturated carbocycles. The molecule has 2 aromatic rings. The topological polar surface area (TPSA) is 47.6 Å². The van der Waals surface area contributed by atoms with Crippen LogP contribution in [-0.4, -0.2) is 18.0 Å². The predicted octanol–water partition coefficient (Wildman–Crippen LogP) is 2.38. The van der Waals surface area contributed by atoms with Crippen molar-refractivity contribution in [2.45, 2.75) is 6.92 Å². The van der Waals surface area contributed by atoms with Crippen LogP contribution in [0.15, 0.2) is 46.3 Å². The van der Waals surface area contributed by atoms with Gasteiger partial charge in [0.15, 0.2) is 0 Å². The fourth-order valence-electron chi connectivity index (χ4n) is 1.50. The Labute approximate surface area is 93.5 Å². The van der Waals surface area contributed by atoms with Crippen molar-refractivity contribution in [1.29, 1.82) is 0 Å². The standard InChI is InChI=1S/C12H12N2O2/c1-9-5-3-4-6-10(9)12(14-15-2)11-7-8-16-13-11/h3-8H,1-2H3/b14-12+. The lowest BCUT2D eigenvalue weighted by Gasteiger charge is -2.05. The van der Waals surface area contributed by atoms with Crippen LogP contribution in [0.1, 0.15) is 16.8 Å². The molecule has 16 heavy (non-hydrogen) atoms. The van der Waals surface area contributed by atoms with Gasteiger partial charge in [0.05, 0.1) is 0 Å². The van der Waals surface area contributed by atoms with Crippen molar-refractivity contribution in [1.82, 2.24) is 5.16 Å². The average Bonchev–Trinajstić information content (AvgIpc) is 2.80. The number of aromatic nitrogens is 1. The van der Waals surface area contributed by atoms with E-state index in [-0.39, 0.29) is 0 Å². The Morgan fingerprint density at radius 1 is 1.31 bits per heavy atom. The van der Waals surface area contributed by atoms with Gasteiger partial charge in [-0.3, -0.25) is 0 Å². The quantitative estimate of drug-likeness (QED) is 0.584. The van der Waals surface area contributed by atoms with Crippen LogP contribution in [0.5, 0.6) is 0 Å². The molecule has 1 aromatic heterocycles. The van der Waals surface area contributed by atoms with E-state index < -0.39 is 0 Å². The second-order valence-electron chi connectivity index (χ2n) is 3.32. The largest absolute Gasteiger partial charge is 0.399 e. The first kappa shape index (κ1) is 10.4. The lowest BCUT2D eigenvalue weighted by molar-refractivity contribution is 0.213. The number of oxime groups is 1. The van der Waals surface area contributed by atoms with E-state index in [0.717, 1.165) is 11.1 Å². The smallest absolute Gasteiger partial charge is 0.139 e.